The van der Waals surface area contributed by atoms with Gasteiger partial charge >= 0.3 is 0 Å². The maximum Gasteiger partial charge on any atom is 0.292 e. The Hall–Kier alpha value is -0.480. The van der Waals surface area contributed by atoms with Crippen LogP contribution in [0.25, 0.3) is 0 Å². The van der Waals surface area contributed by atoms with E-state index in [0.29, 0.717) is 10.6 Å². The number of rotatable bonds is 2. The van der Waals surface area contributed by atoms with Crippen molar-refractivity contribution in [1.82, 2.24) is 5.43 Å². The number of hydrogen-bond donors (Lipinski definition) is 1. The molecule has 1 aromatic rings. The molecule has 0 spiro atoms. The Morgan fingerprint density at radius 3 is 2.50 bits per heavy atom. The molecule has 3 nitrogen and oxygen atoms in total. The Labute approximate surface area is 112 Å². The van der Waals surface area contributed by atoms with E-state index in [9.17, 15) is 4.79 Å². The highest BCUT2D eigenvalue weighted by Crippen LogP contribution is 2.25. The smallest absolute Gasteiger partial charge is 0.268 e. The summed E-state index contributed by atoms with van der Waals surface area (Å²) in [6.45, 7) is 0. The first-order chi connectivity index (χ1) is 7.41. The Morgan fingerprint density at radius 1 is 1.31 bits per heavy atom. The van der Waals surface area contributed by atoms with Crippen LogP contribution in [0.4, 0.5) is 0 Å². The van der Waals surface area contributed by atoms with Crippen molar-refractivity contribution in [3.05, 3.63) is 34.9 Å². The lowest BCUT2D eigenvalue weighted by Crippen LogP contribution is -2.30. The summed E-state index contributed by atoms with van der Waals surface area (Å²) in [4.78, 5) is 11.1. The Kier molecular flexibility index (Phi) is 4.87. The van der Waals surface area contributed by atoms with Gasteiger partial charge in [-0.05, 0) is 6.07 Å². The molecule has 7 heteroatoms. The average molecular weight is 300 g/mol. The maximum atomic E-state index is 11.1. The van der Waals surface area contributed by atoms with Crippen LogP contribution < -0.4 is 5.43 Å². The summed E-state index contributed by atoms with van der Waals surface area (Å²) in [7, 11) is 0. The molecule has 0 aromatic heterocycles. The number of carbonyl (C=O) groups excluding carboxylic acids is 1. The van der Waals surface area contributed by atoms with Crippen molar-refractivity contribution in [3.63, 3.8) is 0 Å². The molecule has 86 valence electrons. The summed E-state index contributed by atoms with van der Waals surface area (Å²) in [5, 5.41) is 4.12. The third-order valence-corrected chi connectivity index (χ3v) is 2.39. The largest absolute Gasteiger partial charge is 0.292 e. The van der Waals surface area contributed by atoms with Gasteiger partial charge in [-0.1, -0.05) is 64.6 Å². The number of benzene rings is 1. The first kappa shape index (κ1) is 13.6. The van der Waals surface area contributed by atoms with Crippen molar-refractivity contribution in [2.75, 3.05) is 0 Å². The second-order valence-corrected chi connectivity index (χ2v) is 5.41. The number of halogens is 4. The zero-order valence-electron chi connectivity index (χ0n) is 7.75. The molecule has 0 aliphatic heterocycles. The standard InChI is InChI=1S/C9H6Cl4N2O/c10-7-4-2-1-3-6(7)5-14-15-8(16)9(11,12)13/h1-5H,(H,15,16)/b14-5-. The number of alkyl halides is 3. The molecule has 0 heterocycles. The van der Waals surface area contributed by atoms with E-state index in [-0.39, 0.29) is 0 Å². The third kappa shape index (κ3) is 4.18. The Morgan fingerprint density at radius 2 is 1.94 bits per heavy atom. The minimum absolute atomic E-state index is 0.509. The van der Waals surface area contributed by atoms with Gasteiger partial charge in [0.1, 0.15) is 0 Å². The van der Waals surface area contributed by atoms with Gasteiger partial charge < -0.3 is 0 Å². The monoisotopic (exact) mass is 298 g/mol. The molecule has 0 radical (unpaired) electrons. The SMILES string of the molecule is O=C(N/N=C\c1ccccc1Cl)C(Cl)(Cl)Cl. The van der Waals surface area contributed by atoms with E-state index in [1.165, 1.54) is 6.21 Å². The van der Waals surface area contributed by atoms with Crippen molar-refractivity contribution < 1.29 is 4.79 Å². The molecule has 1 N–H and O–H groups in total. The fraction of sp³-hybridized carbons (Fsp3) is 0.111. The molecule has 0 unspecified atom stereocenters. The second-order valence-electron chi connectivity index (χ2n) is 2.72. The van der Waals surface area contributed by atoms with Gasteiger partial charge in [-0.15, -0.1) is 0 Å². The lowest BCUT2D eigenvalue weighted by atomic mass is 10.2. The highest BCUT2D eigenvalue weighted by molar-refractivity contribution is 6.76. The summed E-state index contributed by atoms with van der Waals surface area (Å²) in [5.41, 5.74) is 2.72. The van der Waals surface area contributed by atoms with E-state index >= 15 is 0 Å². The summed E-state index contributed by atoms with van der Waals surface area (Å²) < 4.78 is -2.03. The number of hydrogen-bond acceptors (Lipinski definition) is 2. The van der Waals surface area contributed by atoms with E-state index < -0.39 is 9.70 Å². The first-order valence-corrected chi connectivity index (χ1v) is 5.57. The van der Waals surface area contributed by atoms with Crippen LogP contribution in [0, 0.1) is 0 Å². The van der Waals surface area contributed by atoms with Crippen LogP contribution >= 0.6 is 46.4 Å². The van der Waals surface area contributed by atoms with Gasteiger partial charge in [0.15, 0.2) is 0 Å². The third-order valence-electron chi connectivity index (χ3n) is 1.53. The topological polar surface area (TPSA) is 41.5 Å². The number of nitrogens with zero attached hydrogens (tertiary/aromatic N) is 1. The van der Waals surface area contributed by atoms with Gasteiger partial charge in [-0.2, -0.15) is 5.10 Å². The fourth-order valence-corrected chi connectivity index (χ4v) is 1.11. The minimum atomic E-state index is -2.03. The molecule has 16 heavy (non-hydrogen) atoms. The molecular weight excluding hydrogens is 294 g/mol. The first-order valence-electron chi connectivity index (χ1n) is 4.06. The van der Waals surface area contributed by atoms with Gasteiger partial charge in [0.2, 0.25) is 0 Å². The summed E-state index contributed by atoms with van der Waals surface area (Å²) >= 11 is 21.8. The van der Waals surface area contributed by atoms with Crippen molar-refractivity contribution in [2.45, 2.75) is 3.79 Å². The normalized spacial score (nSPS) is 11.8. The van der Waals surface area contributed by atoms with Gasteiger partial charge in [-0.3, -0.25) is 4.79 Å². The molecule has 0 aliphatic rings. The predicted molar refractivity (Wildman–Crippen MR) is 67.5 cm³/mol. The van der Waals surface area contributed by atoms with Crippen LogP contribution in [0.3, 0.4) is 0 Å². The Balaban J connectivity index is 2.63. The van der Waals surface area contributed by atoms with Gasteiger partial charge in [0, 0.05) is 10.6 Å². The molecule has 0 aliphatic carbocycles. The highest BCUT2D eigenvalue weighted by Gasteiger charge is 2.30. The van der Waals surface area contributed by atoms with Crippen LogP contribution in [-0.2, 0) is 4.79 Å². The number of carbonyl (C=O) groups is 1. The van der Waals surface area contributed by atoms with Crippen LogP contribution in [0.15, 0.2) is 29.4 Å². The summed E-state index contributed by atoms with van der Waals surface area (Å²) in [5.74, 6) is -0.833. The quantitative estimate of drug-likeness (QED) is 0.509. The lowest BCUT2D eigenvalue weighted by molar-refractivity contribution is -0.120. The molecule has 0 saturated carbocycles. The van der Waals surface area contributed by atoms with E-state index in [2.05, 4.69) is 10.5 Å². The molecule has 1 amide bonds. The molecule has 0 saturated heterocycles. The molecule has 1 rings (SSSR count). The zero-order valence-corrected chi connectivity index (χ0v) is 10.8. The van der Waals surface area contributed by atoms with Crippen molar-refractivity contribution in [3.8, 4) is 0 Å². The molecule has 0 bridgehead atoms. The second kappa shape index (κ2) is 5.73. The number of amides is 1. The van der Waals surface area contributed by atoms with Crippen LogP contribution in [0.5, 0.6) is 0 Å². The summed E-state index contributed by atoms with van der Waals surface area (Å²) in [6.07, 6.45) is 1.36. The predicted octanol–water partition coefficient (Wildman–Crippen LogP) is 3.16. The van der Waals surface area contributed by atoms with E-state index in [1.54, 1.807) is 24.3 Å². The Bertz CT molecular complexity index is 414. The minimum Gasteiger partial charge on any atom is -0.268 e. The zero-order chi connectivity index (χ0) is 12.2. The number of nitrogens with one attached hydrogen (secondary N) is 1. The van der Waals surface area contributed by atoms with Crippen molar-refractivity contribution in [1.29, 1.82) is 0 Å². The van der Waals surface area contributed by atoms with Gasteiger partial charge in [-0.25, -0.2) is 5.43 Å². The fourth-order valence-electron chi connectivity index (χ4n) is 0.804. The van der Waals surface area contributed by atoms with E-state index in [4.69, 9.17) is 46.4 Å². The van der Waals surface area contributed by atoms with Gasteiger partial charge in [0.05, 0.1) is 6.21 Å². The van der Waals surface area contributed by atoms with Crippen LogP contribution in [0.1, 0.15) is 5.56 Å². The average Bonchev–Trinajstić information content (AvgIpc) is 2.19. The maximum absolute atomic E-state index is 11.1. The van der Waals surface area contributed by atoms with Gasteiger partial charge in [0.25, 0.3) is 9.70 Å². The lowest BCUT2D eigenvalue weighted by Gasteiger charge is -2.07. The van der Waals surface area contributed by atoms with Crippen LogP contribution in [0.2, 0.25) is 5.02 Å². The highest BCUT2D eigenvalue weighted by atomic mass is 35.6. The van der Waals surface area contributed by atoms with Crippen LogP contribution in [-0.4, -0.2) is 15.9 Å². The van der Waals surface area contributed by atoms with Crippen molar-refractivity contribution >= 4 is 58.5 Å². The molecule has 1 aromatic carbocycles. The van der Waals surface area contributed by atoms with E-state index in [0.717, 1.165) is 0 Å². The van der Waals surface area contributed by atoms with Crippen molar-refractivity contribution in [2.24, 2.45) is 5.10 Å². The molecule has 0 fully saturated rings. The van der Waals surface area contributed by atoms with E-state index in [1.807, 2.05) is 0 Å². The summed E-state index contributed by atoms with van der Waals surface area (Å²) in [6, 6.07) is 6.98. The number of hydrazone groups is 1. The molecular formula is C9H6Cl4N2O. The molecule has 0 atom stereocenters.